The van der Waals surface area contributed by atoms with E-state index in [1.807, 2.05) is 48.5 Å². The molecule has 3 aromatic heterocycles. The monoisotopic (exact) mass is 447 g/mol. The lowest BCUT2D eigenvalue weighted by molar-refractivity contribution is -0.136. The maximum absolute atomic E-state index is 11.2. The van der Waals surface area contributed by atoms with Crippen LogP contribution in [0.4, 0.5) is 5.82 Å². The predicted octanol–water partition coefficient (Wildman–Crippen LogP) is 4.99. The Balaban J connectivity index is 1.65. The van der Waals surface area contributed by atoms with Crippen molar-refractivity contribution in [3.05, 3.63) is 103 Å². The van der Waals surface area contributed by atoms with Gasteiger partial charge < -0.3 is 10.4 Å². The molecule has 0 saturated heterocycles. The van der Waals surface area contributed by atoms with Crippen molar-refractivity contribution in [1.29, 1.82) is 0 Å². The lowest BCUT2D eigenvalue weighted by Crippen LogP contribution is -2.06. The fraction of sp³-hybridized carbons (Fsp3) is 0.0741. The smallest absolute Gasteiger partial charge is 0.307 e. The molecule has 0 amide bonds. The van der Waals surface area contributed by atoms with Crippen molar-refractivity contribution in [3.8, 4) is 22.5 Å². The minimum absolute atomic E-state index is 0.114. The van der Waals surface area contributed by atoms with Crippen molar-refractivity contribution in [3.63, 3.8) is 0 Å². The average molecular weight is 447 g/mol. The van der Waals surface area contributed by atoms with E-state index >= 15 is 0 Å². The molecule has 34 heavy (non-hydrogen) atoms. The summed E-state index contributed by atoms with van der Waals surface area (Å²) < 4.78 is 0. The quantitative estimate of drug-likeness (QED) is 0.362. The molecular formula is C27H21N5O2. The highest BCUT2D eigenvalue weighted by molar-refractivity contribution is 6.02. The van der Waals surface area contributed by atoms with Crippen molar-refractivity contribution in [2.24, 2.45) is 0 Å². The Morgan fingerprint density at radius 2 is 1.74 bits per heavy atom. The summed E-state index contributed by atoms with van der Waals surface area (Å²) in [5.41, 5.74) is 5.00. The van der Waals surface area contributed by atoms with Gasteiger partial charge in [-0.15, -0.1) is 0 Å². The van der Waals surface area contributed by atoms with E-state index in [-0.39, 0.29) is 6.42 Å². The van der Waals surface area contributed by atoms with Crippen LogP contribution in [0, 0.1) is 0 Å². The van der Waals surface area contributed by atoms with Gasteiger partial charge in [-0.05, 0) is 41.0 Å². The molecule has 0 aliphatic carbocycles. The fourth-order valence-electron chi connectivity index (χ4n) is 3.86. The second-order valence-electron chi connectivity index (χ2n) is 7.79. The van der Waals surface area contributed by atoms with Gasteiger partial charge in [0.25, 0.3) is 0 Å². The number of nitrogens with zero attached hydrogens (tertiary/aromatic N) is 4. The van der Waals surface area contributed by atoms with Crippen LogP contribution >= 0.6 is 0 Å². The third-order valence-corrected chi connectivity index (χ3v) is 5.38. The molecular weight excluding hydrogens is 426 g/mol. The number of benzene rings is 2. The van der Waals surface area contributed by atoms with E-state index in [2.05, 4.69) is 33.5 Å². The molecule has 0 aliphatic rings. The number of anilines is 1. The fourth-order valence-corrected chi connectivity index (χ4v) is 3.86. The number of carboxylic acid groups (broad SMARTS) is 1. The normalized spacial score (nSPS) is 10.8. The van der Waals surface area contributed by atoms with Gasteiger partial charge in [-0.2, -0.15) is 0 Å². The molecule has 0 atom stereocenters. The van der Waals surface area contributed by atoms with E-state index < -0.39 is 5.97 Å². The topological polar surface area (TPSA) is 101 Å². The molecule has 5 rings (SSSR count). The highest BCUT2D eigenvalue weighted by Crippen LogP contribution is 2.34. The number of aromatic nitrogens is 4. The Kier molecular flexibility index (Phi) is 5.90. The van der Waals surface area contributed by atoms with Crippen LogP contribution in [0.1, 0.15) is 11.3 Å². The summed E-state index contributed by atoms with van der Waals surface area (Å²) >= 11 is 0. The summed E-state index contributed by atoms with van der Waals surface area (Å²) in [5, 5.41) is 13.5. The Labute approximate surface area is 196 Å². The first-order valence-corrected chi connectivity index (χ1v) is 10.8. The van der Waals surface area contributed by atoms with Gasteiger partial charge in [0.05, 0.1) is 29.6 Å². The van der Waals surface area contributed by atoms with E-state index in [4.69, 9.17) is 15.1 Å². The molecule has 0 bridgehead atoms. The number of carbonyl (C=O) groups is 1. The van der Waals surface area contributed by atoms with Crippen LogP contribution in [0.25, 0.3) is 33.4 Å². The molecule has 0 spiro atoms. The molecule has 5 aromatic rings. The zero-order chi connectivity index (χ0) is 23.3. The largest absolute Gasteiger partial charge is 0.481 e. The van der Waals surface area contributed by atoms with Crippen molar-refractivity contribution >= 4 is 22.7 Å². The molecule has 3 heterocycles. The van der Waals surface area contributed by atoms with Crippen LogP contribution in [-0.2, 0) is 17.8 Å². The third kappa shape index (κ3) is 4.59. The van der Waals surface area contributed by atoms with Gasteiger partial charge >= 0.3 is 5.97 Å². The van der Waals surface area contributed by atoms with E-state index in [0.717, 1.165) is 27.7 Å². The molecule has 7 nitrogen and oxygen atoms in total. The van der Waals surface area contributed by atoms with Crippen LogP contribution < -0.4 is 5.32 Å². The summed E-state index contributed by atoms with van der Waals surface area (Å²) in [7, 11) is 0. The molecule has 166 valence electrons. The SMILES string of the molecule is O=C(O)Cc1cncc(-c2nc(NCc3ccccn3)c3c(-c4ccccc4)cccc3n2)c1. The number of fused-ring (bicyclic) bond motifs is 1. The van der Waals surface area contributed by atoms with Gasteiger partial charge in [0, 0.05) is 24.2 Å². The van der Waals surface area contributed by atoms with Gasteiger partial charge in [0.15, 0.2) is 5.82 Å². The summed E-state index contributed by atoms with van der Waals surface area (Å²) in [5.74, 6) is 0.235. The number of nitrogens with one attached hydrogen (secondary N) is 1. The first kappa shape index (κ1) is 21.2. The van der Waals surface area contributed by atoms with Crippen LogP contribution in [0.3, 0.4) is 0 Å². The minimum Gasteiger partial charge on any atom is -0.481 e. The molecule has 0 saturated carbocycles. The number of aliphatic carboxylic acids is 1. The summed E-state index contributed by atoms with van der Waals surface area (Å²) in [6.45, 7) is 0.493. The number of hydrogen-bond acceptors (Lipinski definition) is 6. The van der Waals surface area contributed by atoms with Crippen LogP contribution in [0.2, 0.25) is 0 Å². The number of rotatable bonds is 7. The molecule has 0 aliphatic heterocycles. The predicted molar refractivity (Wildman–Crippen MR) is 131 cm³/mol. The second-order valence-corrected chi connectivity index (χ2v) is 7.79. The lowest BCUT2D eigenvalue weighted by Gasteiger charge is -2.14. The summed E-state index contributed by atoms with van der Waals surface area (Å²) in [6, 6.07) is 23.7. The molecule has 0 unspecified atom stereocenters. The maximum Gasteiger partial charge on any atom is 0.307 e. The van der Waals surface area contributed by atoms with Gasteiger partial charge in [0.1, 0.15) is 5.82 Å². The summed E-state index contributed by atoms with van der Waals surface area (Å²) in [4.78, 5) is 29.4. The zero-order valence-electron chi connectivity index (χ0n) is 18.2. The van der Waals surface area contributed by atoms with E-state index in [0.29, 0.717) is 29.3 Å². The van der Waals surface area contributed by atoms with Gasteiger partial charge in [-0.25, -0.2) is 9.97 Å². The van der Waals surface area contributed by atoms with E-state index in [1.165, 1.54) is 0 Å². The molecule has 0 fully saturated rings. The summed E-state index contributed by atoms with van der Waals surface area (Å²) in [6.07, 6.45) is 4.84. The van der Waals surface area contributed by atoms with Crippen molar-refractivity contribution in [2.75, 3.05) is 5.32 Å². The number of carboxylic acids is 1. The average Bonchev–Trinajstić information content (AvgIpc) is 2.87. The van der Waals surface area contributed by atoms with Gasteiger partial charge in [-0.3, -0.25) is 14.8 Å². The second kappa shape index (κ2) is 9.46. The Morgan fingerprint density at radius 3 is 2.53 bits per heavy atom. The van der Waals surface area contributed by atoms with Crippen LogP contribution in [0.5, 0.6) is 0 Å². The molecule has 0 radical (unpaired) electrons. The van der Waals surface area contributed by atoms with Gasteiger partial charge in [0.2, 0.25) is 0 Å². The van der Waals surface area contributed by atoms with Crippen LogP contribution in [0.15, 0.2) is 91.4 Å². The Hall–Kier alpha value is -4.65. The highest BCUT2D eigenvalue weighted by Gasteiger charge is 2.15. The van der Waals surface area contributed by atoms with Crippen molar-refractivity contribution in [1.82, 2.24) is 19.9 Å². The highest BCUT2D eigenvalue weighted by atomic mass is 16.4. The maximum atomic E-state index is 11.2. The number of pyridine rings is 2. The standard InChI is InChI=1S/C27H21N5O2/c33-24(34)14-18-13-20(16-28-15-18)26-31-23-11-6-10-22(19-7-2-1-3-8-19)25(23)27(32-26)30-17-21-9-4-5-12-29-21/h1-13,15-16H,14,17H2,(H,33,34)(H,30,31,32). The molecule has 2 aromatic carbocycles. The van der Waals surface area contributed by atoms with Crippen molar-refractivity contribution < 1.29 is 9.90 Å². The van der Waals surface area contributed by atoms with Crippen molar-refractivity contribution in [2.45, 2.75) is 13.0 Å². The van der Waals surface area contributed by atoms with E-state index in [1.54, 1.807) is 24.7 Å². The molecule has 2 N–H and O–H groups in total. The Bertz CT molecular complexity index is 1460. The lowest BCUT2D eigenvalue weighted by atomic mass is 10.0. The third-order valence-electron chi connectivity index (χ3n) is 5.38. The van der Waals surface area contributed by atoms with Crippen LogP contribution in [-0.4, -0.2) is 31.0 Å². The minimum atomic E-state index is -0.913. The van der Waals surface area contributed by atoms with Gasteiger partial charge in [-0.1, -0.05) is 48.5 Å². The molecule has 7 heteroatoms. The Morgan fingerprint density at radius 1 is 0.882 bits per heavy atom. The zero-order valence-corrected chi connectivity index (χ0v) is 18.2. The van der Waals surface area contributed by atoms with E-state index in [9.17, 15) is 4.79 Å². The first-order chi connectivity index (χ1) is 16.7. The number of hydrogen-bond donors (Lipinski definition) is 2. The first-order valence-electron chi connectivity index (χ1n) is 10.8.